The maximum absolute atomic E-state index is 15.2. The van der Waals surface area contributed by atoms with Crippen LogP contribution in [0.4, 0.5) is 13.2 Å². The molecule has 3 heterocycles. The molecule has 0 saturated carbocycles. The van der Waals surface area contributed by atoms with Gasteiger partial charge in [-0.3, -0.25) is 4.98 Å². The topological polar surface area (TPSA) is 52.8 Å². The van der Waals surface area contributed by atoms with E-state index >= 15 is 4.39 Å². The molecule has 0 fully saturated rings. The minimum atomic E-state index is -3.00. The molecule has 0 unspecified atom stereocenters. The number of fused-ring (bicyclic) bond motifs is 1. The zero-order valence-electron chi connectivity index (χ0n) is 21.7. The molecular weight excluding hydrogens is 485 g/mol. The van der Waals surface area contributed by atoms with Crippen molar-refractivity contribution in [1.82, 2.24) is 19.5 Å². The molecule has 5 rings (SSSR count). The zero-order valence-corrected chi connectivity index (χ0v) is 19.6. The molecule has 0 radical (unpaired) electrons. The summed E-state index contributed by atoms with van der Waals surface area (Å²) in [4.78, 5) is 12.9. The molecular formula is C27H21F3N4OS. The van der Waals surface area contributed by atoms with E-state index in [4.69, 9.17) is 8.85 Å². The number of nitrogens with zero attached hydrogens (tertiary/aromatic N) is 4. The summed E-state index contributed by atoms with van der Waals surface area (Å²) < 4.78 is 72.5. The van der Waals surface area contributed by atoms with Crippen LogP contribution in [0.15, 0.2) is 84.0 Å². The second-order valence-electron chi connectivity index (χ2n) is 7.87. The van der Waals surface area contributed by atoms with E-state index in [2.05, 4.69) is 15.0 Å². The summed E-state index contributed by atoms with van der Waals surface area (Å²) >= 11 is 1.40. The predicted molar refractivity (Wildman–Crippen MR) is 134 cm³/mol. The number of aromatic nitrogens is 4. The van der Waals surface area contributed by atoms with Crippen molar-refractivity contribution >= 4 is 22.8 Å². The lowest BCUT2D eigenvalue weighted by molar-refractivity contribution is 0.136. The lowest BCUT2D eigenvalue weighted by Gasteiger charge is -2.14. The molecule has 2 aromatic carbocycles. The Hall–Kier alpha value is -3.85. The summed E-state index contributed by atoms with van der Waals surface area (Å²) in [6.45, 7) is -0.372. The van der Waals surface area contributed by atoms with Crippen LogP contribution in [-0.4, -0.2) is 26.6 Å². The van der Waals surface area contributed by atoms with Crippen LogP contribution in [0.2, 0.25) is 0 Å². The van der Waals surface area contributed by atoms with E-state index in [1.807, 2.05) is 30.3 Å². The Morgan fingerprint density at radius 2 is 1.78 bits per heavy atom. The third kappa shape index (κ3) is 4.79. The second-order valence-corrected chi connectivity index (χ2v) is 8.92. The van der Waals surface area contributed by atoms with Crippen molar-refractivity contribution in [3.05, 3.63) is 102 Å². The van der Waals surface area contributed by atoms with Crippen molar-refractivity contribution < 1.29 is 22.0 Å². The van der Waals surface area contributed by atoms with E-state index in [-0.39, 0.29) is 34.7 Å². The highest BCUT2D eigenvalue weighted by Gasteiger charge is 2.25. The molecule has 0 saturated heterocycles. The molecule has 182 valence electrons. The van der Waals surface area contributed by atoms with Gasteiger partial charge in [-0.05, 0) is 17.2 Å². The molecule has 0 aliphatic carbocycles. The molecule has 0 N–H and O–H groups in total. The number of pyridine rings is 2. The molecule has 0 atom stereocenters. The molecule has 5 nitrogen and oxygen atoms in total. The standard InChI is InChI=1S/C27H21F3N4OS/c1-35-27-23(18-10-6-3-7-11-18)24-21(14-32-27)33-26(25(29)30)34(24)15-22-20(28)12-19(13-31-22)36-16-17-8-4-2-5-9-17/h2-14,25H,15-16H2,1H3/i1D3. The van der Waals surface area contributed by atoms with Gasteiger partial charge >= 0.3 is 0 Å². The molecule has 0 bridgehead atoms. The van der Waals surface area contributed by atoms with Gasteiger partial charge in [0.2, 0.25) is 5.88 Å². The summed E-state index contributed by atoms with van der Waals surface area (Å²) in [6.07, 6.45) is -0.342. The van der Waals surface area contributed by atoms with Gasteiger partial charge in [0.25, 0.3) is 6.43 Å². The van der Waals surface area contributed by atoms with Gasteiger partial charge in [0.05, 0.1) is 40.7 Å². The number of halogens is 3. The van der Waals surface area contributed by atoms with Crippen LogP contribution in [-0.2, 0) is 12.3 Å². The predicted octanol–water partition coefficient (Wildman–Crippen LogP) is 6.92. The first-order valence-corrected chi connectivity index (χ1v) is 11.9. The van der Waals surface area contributed by atoms with Crippen molar-refractivity contribution in [2.45, 2.75) is 23.6 Å². The summed E-state index contributed by atoms with van der Waals surface area (Å²) in [5.41, 5.74) is 1.83. The fraction of sp³-hybridized carbons (Fsp3) is 0.148. The maximum atomic E-state index is 15.2. The molecule has 0 aliphatic rings. The lowest BCUT2D eigenvalue weighted by Crippen LogP contribution is -2.10. The number of alkyl halides is 2. The van der Waals surface area contributed by atoms with Crippen molar-refractivity contribution in [3.63, 3.8) is 0 Å². The number of methoxy groups -OCH3 is 1. The average molecular weight is 510 g/mol. The summed E-state index contributed by atoms with van der Waals surface area (Å²) in [6, 6.07) is 19.5. The maximum Gasteiger partial charge on any atom is 0.295 e. The molecule has 36 heavy (non-hydrogen) atoms. The van der Waals surface area contributed by atoms with Gasteiger partial charge in [0.1, 0.15) is 11.3 Å². The highest BCUT2D eigenvalue weighted by atomic mass is 32.2. The SMILES string of the molecule is [2H]C([2H])([2H])Oc1ncc2nc(C(F)F)n(Cc3ncc(SCc4ccccc4)cc3F)c2c1-c1ccccc1. The minimum absolute atomic E-state index is 0.0747. The first kappa shape index (κ1) is 20.4. The van der Waals surface area contributed by atoms with E-state index in [0.29, 0.717) is 16.2 Å². The Labute approximate surface area is 214 Å². The number of hydrogen-bond donors (Lipinski definition) is 0. The molecule has 5 aromatic rings. The molecule has 3 aromatic heterocycles. The van der Waals surface area contributed by atoms with Crippen LogP contribution in [0.3, 0.4) is 0 Å². The molecule has 9 heteroatoms. The van der Waals surface area contributed by atoms with Gasteiger partial charge in [0, 0.05) is 16.8 Å². The number of benzene rings is 2. The lowest BCUT2D eigenvalue weighted by atomic mass is 10.1. The van der Waals surface area contributed by atoms with E-state index in [1.54, 1.807) is 30.3 Å². The van der Waals surface area contributed by atoms with Crippen molar-refractivity contribution in [2.75, 3.05) is 7.04 Å². The number of rotatable bonds is 8. The number of thioether (sulfide) groups is 1. The third-order valence-electron chi connectivity index (χ3n) is 5.58. The third-order valence-corrected chi connectivity index (χ3v) is 6.62. The quantitative estimate of drug-likeness (QED) is 0.213. The Bertz CT molecular complexity index is 1600. The van der Waals surface area contributed by atoms with Crippen molar-refractivity contribution in [1.29, 1.82) is 0 Å². The number of imidazole rings is 1. The van der Waals surface area contributed by atoms with E-state index in [9.17, 15) is 8.78 Å². The van der Waals surface area contributed by atoms with Gasteiger partial charge in [-0.15, -0.1) is 11.8 Å². The molecule has 0 spiro atoms. The van der Waals surface area contributed by atoms with Gasteiger partial charge in [-0.25, -0.2) is 23.1 Å². The smallest absolute Gasteiger partial charge is 0.295 e. The van der Waals surface area contributed by atoms with Crippen LogP contribution in [0.5, 0.6) is 5.88 Å². The van der Waals surface area contributed by atoms with E-state index in [0.717, 1.165) is 10.1 Å². The molecule has 0 amide bonds. The number of ether oxygens (including phenoxy) is 1. The summed E-state index contributed by atoms with van der Waals surface area (Å²) in [5, 5.41) is 0. The van der Waals surface area contributed by atoms with Crippen LogP contribution < -0.4 is 4.74 Å². The van der Waals surface area contributed by atoms with Gasteiger partial charge in [-0.2, -0.15) is 0 Å². The highest BCUT2D eigenvalue weighted by Crippen LogP contribution is 2.37. The fourth-order valence-corrected chi connectivity index (χ4v) is 4.77. The zero-order chi connectivity index (χ0) is 27.6. The van der Waals surface area contributed by atoms with Gasteiger partial charge in [0.15, 0.2) is 5.82 Å². The van der Waals surface area contributed by atoms with Crippen molar-refractivity contribution in [3.8, 4) is 17.0 Å². The largest absolute Gasteiger partial charge is 0.480 e. The summed E-state index contributed by atoms with van der Waals surface area (Å²) in [7, 11) is -2.85. The van der Waals surface area contributed by atoms with E-state index in [1.165, 1.54) is 30.2 Å². The Morgan fingerprint density at radius 1 is 1.03 bits per heavy atom. The van der Waals surface area contributed by atoms with Crippen LogP contribution in [0.25, 0.3) is 22.2 Å². The monoisotopic (exact) mass is 509 g/mol. The Morgan fingerprint density at radius 3 is 2.47 bits per heavy atom. The Kier molecular flexibility index (Phi) is 5.89. The highest BCUT2D eigenvalue weighted by molar-refractivity contribution is 7.98. The van der Waals surface area contributed by atoms with Crippen LogP contribution in [0.1, 0.15) is 27.6 Å². The summed E-state index contributed by atoms with van der Waals surface area (Å²) in [5.74, 6) is -0.956. The molecule has 0 aliphatic heterocycles. The minimum Gasteiger partial charge on any atom is -0.480 e. The van der Waals surface area contributed by atoms with Crippen LogP contribution in [0, 0.1) is 5.82 Å². The number of hydrogen-bond acceptors (Lipinski definition) is 5. The first-order valence-electron chi connectivity index (χ1n) is 12.4. The van der Waals surface area contributed by atoms with Gasteiger partial charge in [-0.1, -0.05) is 60.7 Å². The normalized spacial score (nSPS) is 12.9. The first-order chi connectivity index (χ1) is 18.7. The van der Waals surface area contributed by atoms with E-state index < -0.39 is 25.1 Å². The second kappa shape index (κ2) is 10.4. The Balaban J connectivity index is 1.58. The van der Waals surface area contributed by atoms with Crippen LogP contribution >= 0.6 is 11.8 Å². The fourth-order valence-electron chi connectivity index (χ4n) is 3.93. The van der Waals surface area contributed by atoms with Crippen molar-refractivity contribution in [2.24, 2.45) is 0 Å². The average Bonchev–Trinajstić information content (AvgIpc) is 3.27. The van der Waals surface area contributed by atoms with Gasteiger partial charge < -0.3 is 9.30 Å².